The van der Waals surface area contributed by atoms with Gasteiger partial charge < -0.3 is 9.73 Å². The molecule has 0 saturated heterocycles. The Morgan fingerprint density at radius 1 is 1.57 bits per heavy atom. The highest BCUT2D eigenvalue weighted by atomic mass is 16.3. The zero-order valence-corrected chi connectivity index (χ0v) is 9.21. The normalized spacial score (nSPS) is 12.5. The summed E-state index contributed by atoms with van der Waals surface area (Å²) in [6.45, 7) is 7.42. The Labute approximate surface area is 86.0 Å². The second kappa shape index (κ2) is 5.66. The minimum Gasteiger partial charge on any atom is -0.472 e. The van der Waals surface area contributed by atoms with E-state index in [4.69, 9.17) is 4.42 Å². The smallest absolute Gasteiger partial charge is 0.0953 e. The van der Waals surface area contributed by atoms with Crippen LogP contribution >= 0.6 is 0 Å². The standard InChI is InChI=1S/C12H19NO/c1-4-6-13-12(8-10(2)3)11-5-7-14-9-11/h5,7-9,12-13H,4,6H2,1-3H3. The molecule has 1 aromatic rings. The molecule has 0 aliphatic rings. The van der Waals surface area contributed by atoms with Crippen molar-refractivity contribution in [1.29, 1.82) is 0 Å². The number of furan rings is 1. The number of allylic oxidation sites excluding steroid dienone is 1. The molecule has 1 N–H and O–H groups in total. The third kappa shape index (κ3) is 3.38. The van der Waals surface area contributed by atoms with Crippen LogP contribution in [0.4, 0.5) is 0 Å². The average molecular weight is 193 g/mol. The van der Waals surface area contributed by atoms with Crippen molar-refractivity contribution in [3.05, 3.63) is 35.8 Å². The molecule has 1 atom stereocenters. The van der Waals surface area contributed by atoms with Crippen molar-refractivity contribution >= 4 is 0 Å². The van der Waals surface area contributed by atoms with Gasteiger partial charge in [0, 0.05) is 5.56 Å². The average Bonchev–Trinajstić information content (AvgIpc) is 2.64. The SMILES string of the molecule is CCCNC(C=C(C)C)c1ccoc1. The minimum absolute atomic E-state index is 0.290. The summed E-state index contributed by atoms with van der Waals surface area (Å²) in [7, 11) is 0. The van der Waals surface area contributed by atoms with Crippen molar-refractivity contribution in [1.82, 2.24) is 5.32 Å². The van der Waals surface area contributed by atoms with Crippen molar-refractivity contribution < 1.29 is 4.42 Å². The van der Waals surface area contributed by atoms with Gasteiger partial charge in [0.1, 0.15) is 0 Å². The first kappa shape index (κ1) is 11.1. The van der Waals surface area contributed by atoms with Gasteiger partial charge in [-0.3, -0.25) is 0 Å². The van der Waals surface area contributed by atoms with Crippen LogP contribution < -0.4 is 5.32 Å². The second-order valence-electron chi connectivity index (χ2n) is 3.73. The molecule has 1 heterocycles. The monoisotopic (exact) mass is 193 g/mol. The highest BCUT2D eigenvalue weighted by molar-refractivity contribution is 5.19. The van der Waals surface area contributed by atoms with E-state index in [1.165, 1.54) is 11.1 Å². The van der Waals surface area contributed by atoms with Crippen LogP contribution in [0.2, 0.25) is 0 Å². The van der Waals surface area contributed by atoms with Crippen molar-refractivity contribution in [3.63, 3.8) is 0 Å². The molecule has 1 unspecified atom stereocenters. The third-order valence-electron chi connectivity index (χ3n) is 2.02. The topological polar surface area (TPSA) is 25.2 Å². The molecule has 0 saturated carbocycles. The lowest BCUT2D eigenvalue weighted by Crippen LogP contribution is -2.20. The van der Waals surface area contributed by atoms with E-state index in [1.54, 1.807) is 12.5 Å². The first-order chi connectivity index (χ1) is 6.74. The molecule has 0 aliphatic heterocycles. The van der Waals surface area contributed by atoms with E-state index >= 15 is 0 Å². The molecule has 14 heavy (non-hydrogen) atoms. The van der Waals surface area contributed by atoms with Gasteiger partial charge in [-0.25, -0.2) is 0 Å². The molecular weight excluding hydrogens is 174 g/mol. The Balaban J connectivity index is 2.67. The Morgan fingerprint density at radius 3 is 2.86 bits per heavy atom. The largest absolute Gasteiger partial charge is 0.472 e. The van der Waals surface area contributed by atoms with E-state index in [0.717, 1.165) is 13.0 Å². The summed E-state index contributed by atoms with van der Waals surface area (Å²) >= 11 is 0. The van der Waals surface area contributed by atoms with Crippen LogP contribution in [0.25, 0.3) is 0 Å². The molecule has 0 aromatic carbocycles. The zero-order valence-electron chi connectivity index (χ0n) is 9.21. The van der Waals surface area contributed by atoms with E-state index in [9.17, 15) is 0 Å². The van der Waals surface area contributed by atoms with Crippen LogP contribution in [0.15, 0.2) is 34.7 Å². The van der Waals surface area contributed by atoms with Gasteiger partial charge in [-0.15, -0.1) is 0 Å². The number of nitrogens with one attached hydrogen (secondary N) is 1. The van der Waals surface area contributed by atoms with E-state index in [1.807, 2.05) is 6.07 Å². The van der Waals surface area contributed by atoms with E-state index in [0.29, 0.717) is 6.04 Å². The fraction of sp³-hybridized carbons (Fsp3) is 0.500. The molecule has 0 fully saturated rings. The van der Waals surface area contributed by atoms with Gasteiger partial charge in [-0.2, -0.15) is 0 Å². The molecule has 0 aliphatic carbocycles. The zero-order chi connectivity index (χ0) is 10.4. The van der Waals surface area contributed by atoms with Gasteiger partial charge in [-0.1, -0.05) is 18.6 Å². The summed E-state index contributed by atoms with van der Waals surface area (Å²) in [5.41, 5.74) is 2.51. The molecule has 0 amide bonds. The summed E-state index contributed by atoms with van der Waals surface area (Å²) in [5.74, 6) is 0. The Bertz CT molecular complexity index is 271. The first-order valence-electron chi connectivity index (χ1n) is 5.14. The van der Waals surface area contributed by atoms with Crippen LogP contribution in [0.1, 0.15) is 38.8 Å². The fourth-order valence-corrected chi connectivity index (χ4v) is 1.36. The predicted molar refractivity (Wildman–Crippen MR) is 59.2 cm³/mol. The Kier molecular flexibility index (Phi) is 4.47. The van der Waals surface area contributed by atoms with Gasteiger partial charge in [0.25, 0.3) is 0 Å². The van der Waals surface area contributed by atoms with E-state index < -0.39 is 0 Å². The Hall–Kier alpha value is -1.02. The van der Waals surface area contributed by atoms with Gasteiger partial charge in [0.2, 0.25) is 0 Å². The fourth-order valence-electron chi connectivity index (χ4n) is 1.36. The molecular formula is C12H19NO. The molecule has 2 nitrogen and oxygen atoms in total. The van der Waals surface area contributed by atoms with E-state index in [-0.39, 0.29) is 0 Å². The summed E-state index contributed by atoms with van der Waals surface area (Å²) in [6, 6.07) is 2.30. The third-order valence-corrected chi connectivity index (χ3v) is 2.02. The molecule has 0 spiro atoms. The number of rotatable bonds is 5. The highest BCUT2D eigenvalue weighted by Crippen LogP contribution is 2.16. The molecule has 2 heteroatoms. The predicted octanol–water partition coefficient (Wildman–Crippen LogP) is 3.29. The van der Waals surface area contributed by atoms with Gasteiger partial charge in [0.05, 0.1) is 18.6 Å². The summed E-state index contributed by atoms with van der Waals surface area (Å²) in [6.07, 6.45) is 6.88. The lowest BCUT2D eigenvalue weighted by atomic mass is 10.1. The van der Waals surface area contributed by atoms with Crippen LogP contribution in [0.5, 0.6) is 0 Å². The lowest BCUT2D eigenvalue weighted by Gasteiger charge is -2.13. The van der Waals surface area contributed by atoms with Crippen molar-refractivity contribution in [3.8, 4) is 0 Å². The first-order valence-corrected chi connectivity index (χ1v) is 5.14. The molecule has 0 radical (unpaired) electrons. The van der Waals surface area contributed by atoms with Crippen molar-refractivity contribution in [2.75, 3.05) is 6.54 Å². The van der Waals surface area contributed by atoms with Gasteiger partial charge in [0.15, 0.2) is 0 Å². The van der Waals surface area contributed by atoms with E-state index in [2.05, 4.69) is 32.2 Å². The number of hydrogen-bond acceptors (Lipinski definition) is 2. The van der Waals surface area contributed by atoms with Crippen LogP contribution in [0.3, 0.4) is 0 Å². The maximum atomic E-state index is 5.09. The summed E-state index contributed by atoms with van der Waals surface area (Å²) < 4.78 is 5.09. The van der Waals surface area contributed by atoms with Crippen LogP contribution in [-0.4, -0.2) is 6.54 Å². The van der Waals surface area contributed by atoms with Crippen LogP contribution in [-0.2, 0) is 0 Å². The lowest BCUT2D eigenvalue weighted by molar-refractivity contribution is 0.551. The van der Waals surface area contributed by atoms with Gasteiger partial charge in [-0.05, 0) is 32.9 Å². The second-order valence-corrected chi connectivity index (χ2v) is 3.73. The maximum Gasteiger partial charge on any atom is 0.0953 e. The maximum absolute atomic E-state index is 5.09. The van der Waals surface area contributed by atoms with Crippen LogP contribution in [0, 0.1) is 0 Å². The highest BCUT2D eigenvalue weighted by Gasteiger charge is 2.07. The molecule has 0 bridgehead atoms. The molecule has 78 valence electrons. The summed E-state index contributed by atoms with van der Waals surface area (Å²) in [5, 5.41) is 3.47. The van der Waals surface area contributed by atoms with Crippen molar-refractivity contribution in [2.24, 2.45) is 0 Å². The molecule has 1 rings (SSSR count). The molecule has 1 aromatic heterocycles. The Morgan fingerprint density at radius 2 is 2.36 bits per heavy atom. The minimum atomic E-state index is 0.290. The van der Waals surface area contributed by atoms with Crippen molar-refractivity contribution in [2.45, 2.75) is 33.2 Å². The quantitative estimate of drug-likeness (QED) is 0.726. The van der Waals surface area contributed by atoms with Gasteiger partial charge >= 0.3 is 0 Å². The summed E-state index contributed by atoms with van der Waals surface area (Å²) in [4.78, 5) is 0. The number of hydrogen-bond donors (Lipinski definition) is 1.